The number of fused-ring (bicyclic) bond motifs is 1. The molecule has 5 rings (SSSR count). The molecule has 0 radical (unpaired) electrons. The summed E-state index contributed by atoms with van der Waals surface area (Å²) in [5.41, 5.74) is -1.65. The topological polar surface area (TPSA) is 75.0 Å². The maximum absolute atomic E-state index is 14.0. The highest BCUT2D eigenvalue weighted by molar-refractivity contribution is 6.08. The summed E-state index contributed by atoms with van der Waals surface area (Å²) in [4.78, 5) is 18.2. The smallest absolute Gasteiger partial charge is 0.438 e. The number of amides is 1. The number of hydrazone groups is 1. The van der Waals surface area contributed by atoms with E-state index in [4.69, 9.17) is 4.74 Å². The minimum atomic E-state index is -5.07. The monoisotopic (exact) mass is 497 g/mol. The zero-order valence-corrected chi connectivity index (χ0v) is 19.8. The van der Waals surface area contributed by atoms with Crippen molar-refractivity contribution in [2.24, 2.45) is 11.0 Å². The lowest BCUT2D eigenvalue weighted by atomic mass is 10.0. The molecule has 1 fully saturated rings. The number of pyridine rings is 1. The molecule has 36 heavy (non-hydrogen) atoms. The summed E-state index contributed by atoms with van der Waals surface area (Å²) >= 11 is 0. The highest BCUT2D eigenvalue weighted by Crippen LogP contribution is 2.46. The van der Waals surface area contributed by atoms with Gasteiger partial charge in [-0.3, -0.25) is 4.79 Å². The first-order chi connectivity index (χ1) is 17.2. The van der Waals surface area contributed by atoms with E-state index in [9.17, 15) is 23.1 Å². The summed E-state index contributed by atoms with van der Waals surface area (Å²) in [6, 6.07) is 15.4. The van der Waals surface area contributed by atoms with Gasteiger partial charge in [-0.25, -0.2) is 4.98 Å². The van der Waals surface area contributed by atoms with Crippen LogP contribution in [0.4, 0.5) is 13.2 Å². The Morgan fingerprint density at radius 1 is 1.17 bits per heavy atom. The summed E-state index contributed by atoms with van der Waals surface area (Å²) in [7, 11) is 0. The van der Waals surface area contributed by atoms with Gasteiger partial charge in [-0.05, 0) is 61.6 Å². The van der Waals surface area contributed by atoms with Crippen molar-refractivity contribution in [3.05, 3.63) is 60.2 Å². The number of benzene rings is 2. The SMILES string of the molecule is CCCCOc1ccc(-c2cc(C(=O)N3N=C(C4CC4)CC3(O)C(F)(F)F)c3ccccc3n2)cc1. The second-order valence-corrected chi connectivity index (χ2v) is 9.27. The lowest BCUT2D eigenvalue weighted by Crippen LogP contribution is -2.56. The molecule has 0 bridgehead atoms. The number of carbonyl (C=O) groups excluding carboxylic acids is 1. The van der Waals surface area contributed by atoms with Crippen LogP contribution in [-0.4, -0.2) is 45.2 Å². The molecule has 1 N–H and O–H groups in total. The first-order valence-corrected chi connectivity index (χ1v) is 12.1. The number of para-hydroxylation sites is 1. The average molecular weight is 498 g/mol. The predicted molar refractivity (Wildman–Crippen MR) is 130 cm³/mol. The van der Waals surface area contributed by atoms with Crippen molar-refractivity contribution in [3.8, 4) is 17.0 Å². The van der Waals surface area contributed by atoms with E-state index < -0.39 is 24.2 Å². The Balaban J connectivity index is 1.55. The molecular weight excluding hydrogens is 471 g/mol. The molecule has 6 nitrogen and oxygen atoms in total. The Labute approximate surface area is 206 Å². The van der Waals surface area contributed by atoms with Gasteiger partial charge < -0.3 is 9.84 Å². The number of aromatic nitrogens is 1. The maximum atomic E-state index is 14.0. The number of alkyl halides is 3. The molecule has 188 valence electrons. The molecular formula is C27H26F3N3O3. The van der Waals surface area contributed by atoms with Crippen molar-refractivity contribution in [1.29, 1.82) is 0 Å². The summed E-state index contributed by atoms with van der Waals surface area (Å²) < 4.78 is 47.7. The molecule has 0 spiro atoms. The van der Waals surface area contributed by atoms with Crippen molar-refractivity contribution in [2.75, 3.05) is 6.61 Å². The molecule has 2 aliphatic rings. The molecule has 1 amide bonds. The summed E-state index contributed by atoms with van der Waals surface area (Å²) in [6.45, 7) is 2.68. The van der Waals surface area contributed by atoms with E-state index in [-0.39, 0.29) is 22.2 Å². The van der Waals surface area contributed by atoms with Gasteiger partial charge in [-0.2, -0.15) is 23.3 Å². The zero-order valence-electron chi connectivity index (χ0n) is 19.8. The van der Waals surface area contributed by atoms with Crippen LogP contribution in [0, 0.1) is 5.92 Å². The number of rotatable bonds is 7. The fraction of sp³-hybridized carbons (Fsp3) is 0.370. The van der Waals surface area contributed by atoms with E-state index in [0.717, 1.165) is 12.8 Å². The van der Waals surface area contributed by atoms with E-state index in [0.29, 0.717) is 47.4 Å². The Kier molecular flexibility index (Phi) is 6.20. The lowest BCUT2D eigenvalue weighted by Gasteiger charge is -2.32. The zero-order chi connectivity index (χ0) is 25.5. The Morgan fingerprint density at radius 3 is 2.56 bits per heavy atom. The van der Waals surface area contributed by atoms with Gasteiger partial charge in [-0.15, -0.1) is 0 Å². The van der Waals surface area contributed by atoms with Gasteiger partial charge in [0.1, 0.15) is 5.75 Å². The molecule has 9 heteroatoms. The fourth-order valence-electron chi connectivity index (χ4n) is 4.32. The fourth-order valence-corrected chi connectivity index (χ4v) is 4.32. The minimum Gasteiger partial charge on any atom is -0.494 e. The molecule has 1 unspecified atom stereocenters. The van der Waals surface area contributed by atoms with Crippen molar-refractivity contribution in [2.45, 2.75) is 50.9 Å². The van der Waals surface area contributed by atoms with Crippen LogP contribution >= 0.6 is 0 Å². The minimum absolute atomic E-state index is 0.0117. The highest BCUT2D eigenvalue weighted by atomic mass is 19.4. The first kappa shape index (κ1) is 24.2. The van der Waals surface area contributed by atoms with Gasteiger partial charge in [0.05, 0.1) is 23.4 Å². The van der Waals surface area contributed by atoms with E-state index in [1.165, 1.54) is 6.07 Å². The molecule has 2 heterocycles. The summed E-state index contributed by atoms with van der Waals surface area (Å²) in [5.74, 6) is -0.456. The van der Waals surface area contributed by atoms with Crippen LogP contribution in [0.15, 0.2) is 59.7 Å². The highest BCUT2D eigenvalue weighted by Gasteiger charge is 2.64. The van der Waals surface area contributed by atoms with Gasteiger partial charge in [0.25, 0.3) is 11.6 Å². The normalized spacial score (nSPS) is 20.0. The number of halogens is 3. The van der Waals surface area contributed by atoms with Crippen molar-refractivity contribution in [3.63, 3.8) is 0 Å². The first-order valence-electron chi connectivity index (χ1n) is 12.1. The number of aliphatic hydroxyl groups is 1. The largest absolute Gasteiger partial charge is 0.494 e. The molecule has 1 atom stereocenters. The van der Waals surface area contributed by atoms with Crippen LogP contribution in [0.2, 0.25) is 0 Å². The second-order valence-electron chi connectivity index (χ2n) is 9.27. The Hall–Kier alpha value is -3.46. The molecule has 3 aromatic rings. The van der Waals surface area contributed by atoms with Crippen LogP contribution in [0.1, 0.15) is 49.4 Å². The third-order valence-electron chi connectivity index (χ3n) is 6.56. The van der Waals surface area contributed by atoms with E-state index >= 15 is 0 Å². The molecule has 0 saturated heterocycles. The molecule has 2 aromatic carbocycles. The van der Waals surface area contributed by atoms with Gasteiger partial charge in [-0.1, -0.05) is 31.5 Å². The van der Waals surface area contributed by atoms with Crippen molar-refractivity contribution in [1.82, 2.24) is 9.99 Å². The maximum Gasteiger partial charge on any atom is 0.438 e. The van der Waals surface area contributed by atoms with Gasteiger partial charge in [0, 0.05) is 23.1 Å². The number of carbonyl (C=O) groups is 1. The quantitative estimate of drug-likeness (QED) is 0.410. The van der Waals surface area contributed by atoms with E-state index in [2.05, 4.69) is 17.0 Å². The molecule has 1 aliphatic carbocycles. The van der Waals surface area contributed by atoms with Gasteiger partial charge in [0.2, 0.25) is 0 Å². The summed E-state index contributed by atoms with van der Waals surface area (Å²) in [5, 5.41) is 15.3. The van der Waals surface area contributed by atoms with E-state index in [1.54, 1.807) is 48.5 Å². The van der Waals surface area contributed by atoms with Crippen LogP contribution in [-0.2, 0) is 0 Å². The van der Waals surface area contributed by atoms with Gasteiger partial charge >= 0.3 is 6.18 Å². The number of ether oxygens (including phenoxy) is 1. The Morgan fingerprint density at radius 2 is 1.89 bits per heavy atom. The summed E-state index contributed by atoms with van der Waals surface area (Å²) in [6.07, 6.45) is -2.44. The second kappa shape index (κ2) is 9.20. The average Bonchev–Trinajstić information content (AvgIpc) is 3.65. The molecule has 1 saturated carbocycles. The van der Waals surface area contributed by atoms with Gasteiger partial charge in [0.15, 0.2) is 0 Å². The van der Waals surface area contributed by atoms with Crippen LogP contribution in [0.5, 0.6) is 5.75 Å². The van der Waals surface area contributed by atoms with Crippen molar-refractivity contribution < 1.29 is 27.8 Å². The number of unbranched alkanes of at least 4 members (excludes halogenated alkanes) is 1. The molecule has 1 aliphatic heterocycles. The molecule has 1 aromatic heterocycles. The van der Waals surface area contributed by atoms with Crippen LogP contribution in [0.3, 0.4) is 0 Å². The third kappa shape index (κ3) is 4.43. The van der Waals surface area contributed by atoms with E-state index in [1.807, 2.05) is 0 Å². The standard InChI is InChI=1S/C27H26F3N3O3/c1-2-3-14-36-19-12-10-17(11-13-19)23-15-21(20-6-4-5-7-22(20)31-23)25(34)33-26(35,27(28,29)30)16-24(32-33)18-8-9-18/h4-7,10-13,15,18,35H,2-3,8-9,14,16H2,1H3. The van der Waals surface area contributed by atoms with Crippen LogP contribution < -0.4 is 4.74 Å². The van der Waals surface area contributed by atoms with Crippen LogP contribution in [0.25, 0.3) is 22.2 Å². The van der Waals surface area contributed by atoms with Crippen molar-refractivity contribution >= 4 is 22.5 Å². The third-order valence-corrected chi connectivity index (χ3v) is 6.56. The number of hydrogen-bond donors (Lipinski definition) is 1. The predicted octanol–water partition coefficient (Wildman–Crippen LogP) is 5.94. The number of hydrogen-bond acceptors (Lipinski definition) is 5. The Bertz CT molecular complexity index is 1320. The number of nitrogens with zero attached hydrogens (tertiary/aromatic N) is 3. The lowest BCUT2D eigenvalue weighted by molar-refractivity contribution is -0.297.